The molecule has 1 aliphatic rings. The quantitative estimate of drug-likeness (QED) is 0.612. The molecule has 2 aromatic rings. The highest BCUT2D eigenvalue weighted by Crippen LogP contribution is 2.32. The minimum absolute atomic E-state index is 0.0000805. The summed E-state index contributed by atoms with van der Waals surface area (Å²) >= 11 is 0. The lowest BCUT2D eigenvalue weighted by Crippen LogP contribution is -2.41. The zero-order valence-electron chi connectivity index (χ0n) is 18.8. The Bertz CT molecular complexity index is 1220. The number of rotatable bonds is 6. The number of nitrogens with one attached hydrogen (secondary N) is 2. The molecule has 2 N–H and O–H groups in total. The molecule has 11 heteroatoms. The third-order valence-corrected chi connectivity index (χ3v) is 6.76. The molecule has 0 saturated carbocycles. The molecule has 176 valence electrons. The highest BCUT2D eigenvalue weighted by Gasteiger charge is 2.42. The van der Waals surface area contributed by atoms with Gasteiger partial charge in [0.15, 0.2) is 11.5 Å². The number of carbonyl (C=O) groups excluding carboxylic acids is 3. The van der Waals surface area contributed by atoms with Crippen LogP contribution in [0.3, 0.4) is 0 Å². The monoisotopic (exact) mass is 475 g/mol. The molecule has 33 heavy (non-hydrogen) atoms. The Balaban J connectivity index is 1.74. The van der Waals surface area contributed by atoms with Crippen molar-refractivity contribution in [3.8, 4) is 11.5 Å². The third-order valence-electron chi connectivity index (χ3n) is 4.76. The smallest absolute Gasteiger partial charge is 0.269 e. The lowest BCUT2D eigenvalue weighted by Gasteiger charge is -2.18. The van der Waals surface area contributed by atoms with E-state index in [2.05, 4.69) is 10.9 Å². The van der Waals surface area contributed by atoms with E-state index in [0.29, 0.717) is 11.5 Å². The molecule has 1 aliphatic heterocycles. The molecule has 0 radical (unpaired) electrons. The second-order valence-electron chi connectivity index (χ2n) is 7.85. The van der Waals surface area contributed by atoms with Crippen molar-refractivity contribution in [2.75, 3.05) is 7.11 Å². The minimum Gasteiger partial charge on any atom is -0.493 e. The van der Waals surface area contributed by atoms with Crippen molar-refractivity contribution in [3.63, 3.8) is 0 Å². The Hall–Kier alpha value is -3.60. The average Bonchev–Trinajstić information content (AvgIpc) is 2.96. The van der Waals surface area contributed by atoms with E-state index in [0.717, 1.165) is 10.4 Å². The number of hydrogen-bond acceptors (Lipinski definition) is 7. The van der Waals surface area contributed by atoms with E-state index in [1.54, 1.807) is 19.9 Å². The van der Waals surface area contributed by atoms with Crippen LogP contribution in [0.2, 0.25) is 0 Å². The van der Waals surface area contributed by atoms with Gasteiger partial charge in [-0.15, -0.1) is 0 Å². The second-order valence-corrected chi connectivity index (χ2v) is 9.63. The lowest BCUT2D eigenvalue weighted by molar-refractivity contribution is 0.0843. The largest absolute Gasteiger partial charge is 0.493 e. The number of nitrogens with zero attached hydrogens (tertiary/aromatic N) is 1. The molecular formula is C22H25N3O7S. The zero-order chi connectivity index (χ0) is 24.5. The van der Waals surface area contributed by atoms with Crippen molar-refractivity contribution in [2.24, 2.45) is 0 Å². The maximum absolute atomic E-state index is 12.7. The third kappa shape index (κ3) is 4.63. The maximum atomic E-state index is 12.7. The summed E-state index contributed by atoms with van der Waals surface area (Å²) in [6.07, 6.45) is -0.0862. The number of carbonyl (C=O) groups is 3. The second kappa shape index (κ2) is 9.10. The van der Waals surface area contributed by atoms with Crippen molar-refractivity contribution in [1.29, 1.82) is 0 Å². The molecule has 0 unspecified atom stereocenters. The van der Waals surface area contributed by atoms with Gasteiger partial charge in [-0.3, -0.25) is 25.2 Å². The van der Waals surface area contributed by atoms with Gasteiger partial charge < -0.3 is 9.47 Å². The highest BCUT2D eigenvalue weighted by atomic mass is 32.2. The standard InChI is InChI=1S/C22H25N3O7S/c1-12(2)25-22(28)16-8-6-15(11-19(16)33(25,29)30)21(27)24-23-20(26)14-7-9-17(32-13(3)4)18(10-14)31-5/h6-13H,1-5H3,(H,23,26)(H,24,27). The molecule has 1 heterocycles. The van der Waals surface area contributed by atoms with Crippen LogP contribution < -0.4 is 20.3 Å². The van der Waals surface area contributed by atoms with Crippen molar-refractivity contribution >= 4 is 27.7 Å². The van der Waals surface area contributed by atoms with E-state index in [1.165, 1.54) is 31.4 Å². The van der Waals surface area contributed by atoms with E-state index in [9.17, 15) is 22.8 Å². The van der Waals surface area contributed by atoms with E-state index in [1.807, 2.05) is 13.8 Å². The number of benzene rings is 2. The Morgan fingerprint density at radius 3 is 2.03 bits per heavy atom. The van der Waals surface area contributed by atoms with Gasteiger partial charge in [-0.2, -0.15) is 0 Å². The Morgan fingerprint density at radius 1 is 0.909 bits per heavy atom. The first-order chi connectivity index (χ1) is 15.5. The first-order valence-electron chi connectivity index (χ1n) is 10.2. The average molecular weight is 476 g/mol. The molecule has 0 aromatic heterocycles. The summed E-state index contributed by atoms with van der Waals surface area (Å²) in [4.78, 5) is 37.2. The van der Waals surface area contributed by atoms with E-state index in [4.69, 9.17) is 9.47 Å². The van der Waals surface area contributed by atoms with Crippen LogP contribution in [0.4, 0.5) is 0 Å². The van der Waals surface area contributed by atoms with Gasteiger partial charge in [-0.05, 0) is 64.1 Å². The maximum Gasteiger partial charge on any atom is 0.269 e. The molecule has 0 fully saturated rings. The number of fused-ring (bicyclic) bond motifs is 1. The van der Waals surface area contributed by atoms with Crippen LogP contribution in [0.15, 0.2) is 41.3 Å². The van der Waals surface area contributed by atoms with E-state index >= 15 is 0 Å². The predicted molar refractivity (Wildman–Crippen MR) is 119 cm³/mol. The number of hydrazine groups is 1. The van der Waals surface area contributed by atoms with Gasteiger partial charge in [0, 0.05) is 17.2 Å². The van der Waals surface area contributed by atoms with Crippen LogP contribution in [0, 0.1) is 0 Å². The number of methoxy groups -OCH3 is 1. The summed E-state index contributed by atoms with van der Waals surface area (Å²) in [5, 5.41) is 0. The minimum atomic E-state index is -4.05. The van der Waals surface area contributed by atoms with Crippen LogP contribution in [-0.2, 0) is 10.0 Å². The first kappa shape index (κ1) is 24.1. The van der Waals surface area contributed by atoms with Gasteiger partial charge in [-0.25, -0.2) is 12.7 Å². The van der Waals surface area contributed by atoms with Gasteiger partial charge in [0.1, 0.15) is 4.90 Å². The van der Waals surface area contributed by atoms with Crippen LogP contribution >= 0.6 is 0 Å². The van der Waals surface area contributed by atoms with Crippen molar-refractivity contribution < 1.29 is 32.3 Å². The first-order valence-corrected chi connectivity index (χ1v) is 11.6. The number of amides is 3. The number of hydrogen-bond donors (Lipinski definition) is 2. The molecule has 0 atom stereocenters. The lowest BCUT2D eigenvalue weighted by atomic mass is 10.1. The van der Waals surface area contributed by atoms with Gasteiger partial charge in [0.2, 0.25) is 0 Å². The predicted octanol–water partition coefficient (Wildman–Crippen LogP) is 2.11. The Labute approximate surface area is 191 Å². The van der Waals surface area contributed by atoms with E-state index < -0.39 is 33.8 Å². The fourth-order valence-corrected chi connectivity index (χ4v) is 5.11. The number of sulfonamides is 1. The van der Waals surface area contributed by atoms with Crippen LogP contribution in [0.5, 0.6) is 11.5 Å². The molecule has 3 rings (SSSR count). The van der Waals surface area contributed by atoms with Crippen LogP contribution in [-0.4, -0.2) is 49.7 Å². The molecule has 0 bridgehead atoms. The van der Waals surface area contributed by atoms with Gasteiger partial charge in [0.05, 0.1) is 18.8 Å². The molecular weight excluding hydrogens is 450 g/mol. The fraction of sp³-hybridized carbons (Fsp3) is 0.318. The summed E-state index contributed by atoms with van der Waals surface area (Å²) in [5.74, 6) is -1.18. The topological polar surface area (TPSA) is 131 Å². The van der Waals surface area contributed by atoms with Crippen LogP contribution in [0.1, 0.15) is 58.8 Å². The molecule has 2 aromatic carbocycles. The summed E-state index contributed by atoms with van der Waals surface area (Å²) in [5.41, 5.74) is 4.69. The molecule has 0 saturated heterocycles. The zero-order valence-corrected chi connectivity index (χ0v) is 19.6. The molecule has 0 spiro atoms. The summed E-state index contributed by atoms with van der Waals surface area (Å²) < 4.78 is 37.0. The summed E-state index contributed by atoms with van der Waals surface area (Å²) in [6, 6.07) is 7.71. The van der Waals surface area contributed by atoms with Crippen molar-refractivity contribution in [1.82, 2.24) is 15.2 Å². The Morgan fingerprint density at radius 2 is 1.48 bits per heavy atom. The summed E-state index contributed by atoms with van der Waals surface area (Å²) in [6.45, 7) is 6.88. The van der Waals surface area contributed by atoms with Crippen molar-refractivity contribution in [3.05, 3.63) is 53.1 Å². The van der Waals surface area contributed by atoms with Crippen molar-refractivity contribution in [2.45, 2.75) is 44.7 Å². The van der Waals surface area contributed by atoms with Crippen LogP contribution in [0.25, 0.3) is 0 Å². The van der Waals surface area contributed by atoms with Gasteiger partial charge in [-0.1, -0.05) is 0 Å². The van der Waals surface area contributed by atoms with Gasteiger partial charge >= 0.3 is 0 Å². The van der Waals surface area contributed by atoms with Gasteiger partial charge in [0.25, 0.3) is 27.7 Å². The highest BCUT2D eigenvalue weighted by molar-refractivity contribution is 7.90. The fourth-order valence-electron chi connectivity index (χ4n) is 3.32. The molecule has 10 nitrogen and oxygen atoms in total. The summed E-state index contributed by atoms with van der Waals surface area (Å²) in [7, 11) is -2.61. The SMILES string of the molecule is COc1cc(C(=O)NNC(=O)c2ccc3c(c2)S(=O)(=O)N(C(C)C)C3=O)ccc1OC(C)C. The normalized spacial score (nSPS) is 14.3. The van der Waals surface area contributed by atoms with E-state index in [-0.39, 0.29) is 27.7 Å². The molecule has 0 aliphatic carbocycles. The Kier molecular flexibility index (Phi) is 6.63. The molecule has 3 amide bonds. The number of ether oxygens (including phenoxy) is 2.